The summed E-state index contributed by atoms with van der Waals surface area (Å²) in [5.41, 5.74) is 2.01. The van der Waals surface area contributed by atoms with Gasteiger partial charge in [-0.1, -0.05) is 26.0 Å². The van der Waals surface area contributed by atoms with Gasteiger partial charge < -0.3 is 14.6 Å². The van der Waals surface area contributed by atoms with Crippen molar-refractivity contribution >= 4 is 6.01 Å². The minimum Gasteiger partial charge on any atom is -0.432 e. The molecule has 1 rings (SSSR count). The molecule has 0 amide bonds. The number of nitrogens with one attached hydrogen (secondary N) is 1. The van der Waals surface area contributed by atoms with Crippen LogP contribution in [-0.2, 0) is 6.54 Å². The smallest absolute Gasteiger partial charge is 0.297 e. The third-order valence-corrected chi connectivity index (χ3v) is 2.06. The first-order valence-corrected chi connectivity index (χ1v) is 5.52. The van der Waals surface area contributed by atoms with E-state index >= 15 is 0 Å². The van der Waals surface area contributed by atoms with Gasteiger partial charge >= 0.3 is 0 Å². The van der Waals surface area contributed by atoms with E-state index in [2.05, 4.69) is 30.7 Å². The van der Waals surface area contributed by atoms with Crippen LogP contribution in [0.4, 0.5) is 6.01 Å². The maximum absolute atomic E-state index is 5.39. The maximum atomic E-state index is 5.39. The van der Waals surface area contributed by atoms with Gasteiger partial charge in [0.1, 0.15) is 6.26 Å². The average molecular weight is 223 g/mol. The Morgan fingerprint density at radius 1 is 1.62 bits per heavy atom. The number of anilines is 1. The van der Waals surface area contributed by atoms with Crippen LogP contribution >= 0.6 is 0 Å². The molecule has 16 heavy (non-hydrogen) atoms. The molecule has 0 atom stereocenters. The summed E-state index contributed by atoms with van der Waals surface area (Å²) in [6, 6.07) is 1.09. The molecule has 0 radical (unpaired) electrons. The molecule has 0 aliphatic carbocycles. The van der Waals surface area contributed by atoms with Gasteiger partial charge in [0.2, 0.25) is 0 Å². The van der Waals surface area contributed by atoms with Gasteiger partial charge in [-0.3, -0.25) is 0 Å². The lowest BCUT2D eigenvalue weighted by molar-refractivity contribution is 0.544. The van der Waals surface area contributed by atoms with Crippen molar-refractivity contribution in [1.29, 1.82) is 0 Å². The third-order valence-electron chi connectivity index (χ3n) is 2.06. The second-order valence-electron chi connectivity index (χ2n) is 4.47. The van der Waals surface area contributed by atoms with Crippen LogP contribution in [-0.4, -0.2) is 24.6 Å². The first kappa shape index (κ1) is 12.8. The molecule has 0 aromatic carbocycles. The highest BCUT2D eigenvalue weighted by molar-refractivity contribution is 5.28. The zero-order valence-electron chi connectivity index (χ0n) is 10.6. The summed E-state index contributed by atoms with van der Waals surface area (Å²) in [4.78, 5) is 6.34. The van der Waals surface area contributed by atoms with E-state index in [9.17, 15) is 0 Å². The van der Waals surface area contributed by atoms with Gasteiger partial charge in [-0.15, -0.1) is 0 Å². The van der Waals surface area contributed by atoms with Gasteiger partial charge in [0.25, 0.3) is 6.01 Å². The lowest BCUT2D eigenvalue weighted by Gasteiger charge is -2.13. The monoisotopic (exact) mass is 223 g/mol. The molecule has 1 aromatic rings. The molecule has 0 saturated heterocycles. The molecule has 0 aliphatic rings. The van der Waals surface area contributed by atoms with Crippen molar-refractivity contribution in [2.24, 2.45) is 0 Å². The highest BCUT2D eigenvalue weighted by atomic mass is 16.4. The zero-order valence-corrected chi connectivity index (χ0v) is 10.6. The van der Waals surface area contributed by atoms with Gasteiger partial charge in [0.15, 0.2) is 0 Å². The van der Waals surface area contributed by atoms with Crippen molar-refractivity contribution in [2.75, 3.05) is 18.5 Å². The van der Waals surface area contributed by atoms with Crippen LogP contribution in [0.2, 0.25) is 0 Å². The predicted octanol–water partition coefficient (Wildman–Crippen LogP) is 2.18. The number of rotatable bonds is 6. The number of oxazole rings is 1. The molecule has 1 N–H and O–H groups in total. The van der Waals surface area contributed by atoms with Crippen LogP contribution in [0.1, 0.15) is 26.5 Å². The molecule has 0 unspecified atom stereocenters. The summed E-state index contributed by atoms with van der Waals surface area (Å²) < 4.78 is 5.39. The highest BCUT2D eigenvalue weighted by Crippen LogP contribution is 2.12. The van der Waals surface area contributed by atoms with Crippen LogP contribution in [0.5, 0.6) is 0 Å². The zero-order chi connectivity index (χ0) is 12.1. The predicted molar refractivity (Wildman–Crippen MR) is 66.6 cm³/mol. The van der Waals surface area contributed by atoms with E-state index in [0.717, 1.165) is 24.4 Å². The van der Waals surface area contributed by atoms with E-state index in [1.807, 2.05) is 18.9 Å². The molecule has 4 heteroatoms. The molecule has 0 fully saturated rings. The van der Waals surface area contributed by atoms with Crippen LogP contribution in [0.15, 0.2) is 22.8 Å². The second kappa shape index (κ2) is 5.70. The summed E-state index contributed by atoms with van der Waals surface area (Å²) in [5.74, 6) is 0. The first-order chi connectivity index (χ1) is 7.49. The van der Waals surface area contributed by atoms with E-state index in [0.29, 0.717) is 12.1 Å². The summed E-state index contributed by atoms with van der Waals surface area (Å²) >= 11 is 0. The number of likely N-dealkylation sites (N-methyl/N-ethyl adjacent to an activating group) is 1. The van der Waals surface area contributed by atoms with Gasteiger partial charge in [-0.25, -0.2) is 0 Å². The largest absolute Gasteiger partial charge is 0.432 e. The summed E-state index contributed by atoms with van der Waals surface area (Å²) in [7, 11) is 1.94. The molecular formula is C12H21N3O. The molecular weight excluding hydrogens is 202 g/mol. The Morgan fingerprint density at radius 2 is 2.31 bits per heavy atom. The van der Waals surface area contributed by atoms with Crippen LogP contribution in [0.25, 0.3) is 0 Å². The lowest BCUT2D eigenvalue weighted by Crippen LogP contribution is -2.22. The summed E-state index contributed by atoms with van der Waals surface area (Å²) in [6.07, 6.45) is 1.69. The van der Waals surface area contributed by atoms with Gasteiger partial charge in [0.05, 0.1) is 5.69 Å². The van der Waals surface area contributed by atoms with E-state index in [1.165, 1.54) is 0 Å². The Morgan fingerprint density at radius 3 is 2.88 bits per heavy atom. The molecule has 0 spiro atoms. The molecule has 4 nitrogen and oxygen atoms in total. The van der Waals surface area contributed by atoms with E-state index in [4.69, 9.17) is 4.42 Å². The Bertz CT molecular complexity index is 344. The fourth-order valence-electron chi connectivity index (χ4n) is 1.33. The number of aromatic nitrogens is 1. The van der Waals surface area contributed by atoms with E-state index in [-0.39, 0.29) is 0 Å². The van der Waals surface area contributed by atoms with Gasteiger partial charge in [-0.2, -0.15) is 4.98 Å². The van der Waals surface area contributed by atoms with E-state index in [1.54, 1.807) is 6.26 Å². The molecule has 1 heterocycles. The van der Waals surface area contributed by atoms with Crippen molar-refractivity contribution in [3.8, 4) is 0 Å². The lowest BCUT2D eigenvalue weighted by atomic mass is 10.3. The van der Waals surface area contributed by atoms with Crippen molar-refractivity contribution in [3.63, 3.8) is 0 Å². The molecule has 0 aliphatic heterocycles. The Hall–Kier alpha value is -1.29. The Labute approximate surface area is 97.3 Å². The molecule has 0 saturated carbocycles. The summed E-state index contributed by atoms with van der Waals surface area (Å²) in [5, 5.41) is 3.30. The van der Waals surface area contributed by atoms with Crippen molar-refractivity contribution in [3.05, 3.63) is 24.1 Å². The van der Waals surface area contributed by atoms with Crippen LogP contribution in [0.3, 0.4) is 0 Å². The Balaban J connectivity index is 2.53. The maximum Gasteiger partial charge on any atom is 0.297 e. The molecule has 1 aromatic heterocycles. The van der Waals surface area contributed by atoms with Crippen molar-refractivity contribution in [1.82, 2.24) is 10.3 Å². The minimum absolute atomic E-state index is 0.452. The van der Waals surface area contributed by atoms with Crippen LogP contribution in [0, 0.1) is 0 Å². The first-order valence-electron chi connectivity index (χ1n) is 5.52. The van der Waals surface area contributed by atoms with Gasteiger partial charge in [0, 0.05) is 26.2 Å². The van der Waals surface area contributed by atoms with Crippen molar-refractivity contribution in [2.45, 2.75) is 33.4 Å². The minimum atomic E-state index is 0.452. The standard InChI is InChI=1S/C12H21N3O/c1-9(2)7-15(5)12-14-11(8-16-12)6-13-10(3)4/h8,10,13H,1,6-7H2,2-5H3. The van der Waals surface area contributed by atoms with Crippen molar-refractivity contribution < 1.29 is 4.42 Å². The third kappa shape index (κ3) is 4.06. The summed E-state index contributed by atoms with van der Waals surface area (Å²) in [6.45, 7) is 11.6. The van der Waals surface area contributed by atoms with Crippen LogP contribution < -0.4 is 10.2 Å². The molecule has 90 valence electrons. The second-order valence-corrected chi connectivity index (χ2v) is 4.47. The molecule has 0 bridgehead atoms. The number of hydrogen-bond acceptors (Lipinski definition) is 4. The van der Waals surface area contributed by atoms with E-state index < -0.39 is 0 Å². The highest BCUT2D eigenvalue weighted by Gasteiger charge is 2.08. The SMILES string of the molecule is C=C(C)CN(C)c1nc(CNC(C)C)co1. The average Bonchev–Trinajstić information content (AvgIpc) is 2.61. The number of nitrogens with zero attached hydrogens (tertiary/aromatic N) is 2. The topological polar surface area (TPSA) is 41.3 Å². The Kier molecular flexibility index (Phi) is 4.55. The normalized spacial score (nSPS) is 10.8. The quantitative estimate of drug-likeness (QED) is 0.751. The fraction of sp³-hybridized carbons (Fsp3) is 0.583. The van der Waals surface area contributed by atoms with Gasteiger partial charge in [-0.05, 0) is 6.92 Å². The number of hydrogen-bond donors (Lipinski definition) is 1. The fourth-order valence-corrected chi connectivity index (χ4v) is 1.33.